The Hall–Kier alpha value is -2.64. The van der Waals surface area contributed by atoms with Gasteiger partial charge in [-0.1, -0.05) is 13.8 Å². The molecule has 9 nitrogen and oxygen atoms in total. The first-order chi connectivity index (χ1) is 13.8. The second-order valence-corrected chi connectivity index (χ2v) is 9.39. The lowest BCUT2D eigenvalue weighted by Crippen LogP contribution is -2.35. The summed E-state index contributed by atoms with van der Waals surface area (Å²) in [7, 11) is -3.69. The Labute approximate surface area is 170 Å². The standard InChI is InChI=1S/C19H24N4O5S/c1-14(2)12-23-18(24)13-22(19(23)25)16-6-5-15(11-17(16)28-10-7-20)29(26,27)21-8-3-4-9-21/h5-6,11,14H,3-4,8-10,12-13H2,1-2H3. The van der Waals surface area contributed by atoms with E-state index in [1.165, 1.54) is 32.3 Å². The molecule has 2 heterocycles. The first-order valence-corrected chi connectivity index (χ1v) is 11.0. The molecule has 10 heteroatoms. The van der Waals surface area contributed by atoms with Crippen molar-refractivity contribution >= 4 is 27.6 Å². The Kier molecular flexibility index (Phi) is 6.10. The van der Waals surface area contributed by atoms with Gasteiger partial charge in [0.05, 0.1) is 10.6 Å². The lowest BCUT2D eigenvalue weighted by atomic mass is 10.2. The zero-order chi connectivity index (χ0) is 21.2. The number of hydrogen-bond donors (Lipinski definition) is 0. The van der Waals surface area contributed by atoms with E-state index in [0.717, 1.165) is 12.8 Å². The monoisotopic (exact) mass is 420 g/mol. The number of carbonyl (C=O) groups excluding carboxylic acids is 2. The fraction of sp³-hybridized carbons (Fsp3) is 0.526. The van der Waals surface area contributed by atoms with Crippen LogP contribution in [0.1, 0.15) is 26.7 Å². The summed E-state index contributed by atoms with van der Waals surface area (Å²) in [4.78, 5) is 27.5. The third kappa shape index (κ3) is 4.21. The van der Waals surface area contributed by atoms with Crippen molar-refractivity contribution in [2.24, 2.45) is 5.92 Å². The number of ether oxygens (including phenoxy) is 1. The van der Waals surface area contributed by atoms with Gasteiger partial charge in [0.25, 0.3) is 5.91 Å². The molecule has 1 aromatic carbocycles. The van der Waals surface area contributed by atoms with Gasteiger partial charge in [-0.25, -0.2) is 13.2 Å². The molecule has 0 saturated carbocycles. The van der Waals surface area contributed by atoms with Gasteiger partial charge in [0.15, 0.2) is 6.61 Å². The van der Waals surface area contributed by atoms with E-state index in [-0.39, 0.29) is 41.3 Å². The van der Waals surface area contributed by atoms with Crippen LogP contribution in [0.4, 0.5) is 10.5 Å². The number of nitrogens with zero attached hydrogens (tertiary/aromatic N) is 4. The van der Waals surface area contributed by atoms with E-state index >= 15 is 0 Å². The lowest BCUT2D eigenvalue weighted by Gasteiger charge is -2.22. The Morgan fingerprint density at radius 1 is 1.21 bits per heavy atom. The maximum Gasteiger partial charge on any atom is 0.331 e. The smallest absolute Gasteiger partial charge is 0.331 e. The number of nitriles is 1. The number of amides is 3. The van der Waals surface area contributed by atoms with Gasteiger partial charge in [-0.3, -0.25) is 14.6 Å². The molecule has 2 saturated heterocycles. The second kappa shape index (κ2) is 8.39. The van der Waals surface area contributed by atoms with Crippen molar-refractivity contribution in [1.82, 2.24) is 9.21 Å². The molecule has 0 bridgehead atoms. The summed E-state index contributed by atoms with van der Waals surface area (Å²) in [5.74, 6) is -0.131. The third-order valence-corrected chi connectivity index (χ3v) is 6.72. The molecule has 2 fully saturated rings. The first-order valence-electron chi connectivity index (χ1n) is 9.51. The normalized spacial score (nSPS) is 18.0. The fourth-order valence-electron chi connectivity index (χ4n) is 3.45. The molecule has 3 rings (SSSR count). The fourth-order valence-corrected chi connectivity index (χ4v) is 4.99. The topological polar surface area (TPSA) is 111 Å². The van der Waals surface area contributed by atoms with Crippen molar-refractivity contribution in [2.45, 2.75) is 31.6 Å². The summed E-state index contributed by atoms with van der Waals surface area (Å²) in [6.45, 7) is 4.55. The van der Waals surface area contributed by atoms with Crippen molar-refractivity contribution in [1.29, 1.82) is 5.26 Å². The van der Waals surface area contributed by atoms with Gasteiger partial charge >= 0.3 is 6.03 Å². The Morgan fingerprint density at radius 3 is 2.52 bits per heavy atom. The van der Waals surface area contributed by atoms with Crippen LogP contribution >= 0.6 is 0 Å². The van der Waals surface area contributed by atoms with Gasteiger partial charge in [-0.05, 0) is 30.9 Å². The highest BCUT2D eigenvalue weighted by atomic mass is 32.2. The van der Waals surface area contributed by atoms with Crippen LogP contribution in [0, 0.1) is 17.2 Å². The number of benzene rings is 1. The minimum Gasteiger partial charge on any atom is -0.477 e. The molecular formula is C19H24N4O5S. The number of urea groups is 1. The molecule has 2 aliphatic heterocycles. The van der Waals surface area contributed by atoms with Crippen molar-refractivity contribution in [3.63, 3.8) is 0 Å². The largest absolute Gasteiger partial charge is 0.477 e. The van der Waals surface area contributed by atoms with Gasteiger partial charge in [0.1, 0.15) is 18.4 Å². The molecule has 0 atom stereocenters. The molecule has 1 aromatic rings. The maximum atomic E-state index is 12.8. The van der Waals surface area contributed by atoms with Gasteiger partial charge in [-0.15, -0.1) is 0 Å². The molecule has 29 heavy (non-hydrogen) atoms. The van der Waals surface area contributed by atoms with Crippen LogP contribution in [0.25, 0.3) is 0 Å². The van der Waals surface area contributed by atoms with Crippen molar-refractivity contribution < 1.29 is 22.7 Å². The number of anilines is 1. The van der Waals surface area contributed by atoms with Crippen LogP contribution in [-0.2, 0) is 14.8 Å². The number of imide groups is 1. The van der Waals surface area contributed by atoms with Gasteiger partial charge in [0, 0.05) is 25.7 Å². The van der Waals surface area contributed by atoms with E-state index < -0.39 is 16.1 Å². The van der Waals surface area contributed by atoms with E-state index in [2.05, 4.69) is 0 Å². The van der Waals surface area contributed by atoms with E-state index in [4.69, 9.17) is 10.00 Å². The predicted molar refractivity (Wildman–Crippen MR) is 105 cm³/mol. The summed E-state index contributed by atoms with van der Waals surface area (Å²) in [5, 5.41) is 8.88. The lowest BCUT2D eigenvalue weighted by molar-refractivity contribution is -0.125. The average molecular weight is 420 g/mol. The SMILES string of the molecule is CC(C)CN1C(=O)CN(c2ccc(S(=O)(=O)N3CCCC3)cc2OCC#N)C1=O. The van der Waals surface area contributed by atoms with Gasteiger partial charge in [-0.2, -0.15) is 9.57 Å². The maximum absolute atomic E-state index is 12.8. The van der Waals surface area contributed by atoms with Crippen LogP contribution in [0.5, 0.6) is 5.75 Å². The highest BCUT2D eigenvalue weighted by Crippen LogP contribution is 2.35. The van der Waals surface area contributed by atoms with Crippen LogP contribution in [0.2, 0.25) is 0 Å². The zero-order valence-electron chi connectivity index (χ0n) is 16.5. The summed E-state index contributed by atoms with van der Waals surface area (Å²) >= 11 is 0. The highest BCUT2D eigenvalue weighted by molar-refractivity contribution is 7.89. The summed E-state index contributed by atoms with van der Waals surface area (Å²) in [6.07, 6.45) is 1.62. The third-order valence-electron chi connectivity index (χ3n) is 4.82. The van der Waals surface area contributed by atoms with Crippen LogP contribution < -0.4 is 9.64 Å². The summed E-state index contributed by atoms with van der Waals surface area (Å²) in [6, 6.07) is 5.54. The van der Waals surface area contributed by atoms with Crippen LogP contribution in [0.15, 0.2) is 23.1 Å². The summed E-state index contributed by atoms with van der Waals surface area (Å²) in [5.41, 5.74) is 0.269. The molecule has 0 aliphatic carbocycles. The Morgan fingerprint density at radius 2 is 1.90 bits per heavy atom. The molecule has 0 aromatic heterocycles. The van der Waals surface area contributed by atoms with Gasteiger partial charge in [0.2, 0.25) is 10.0 Å². The molecule has 2 aliphatic rings. The second-order valence-electron chi connectivity index (χ2n) is 7.45. The van der Waals surface area contributed by atoms with E-state index in [1.807, 2.05) is 19.9 Å². The molecule has 0 unspecified atom stereocenters. The van der Waals surface area contributed by atoms with Crippen molar-refractivity contribution in [3.05, 3.63) is 18.2 Å². The molecule has 0 spiro atoms. The number of carbonyl (C=O) groups is 2. The van der Waals surface area contributed by atoms with Crippen molar-refractivity contribution in [3.8, 4) is 11.8 Å². The van der Waals surface area contributed by atoms with Crippen molar-refractivity contribution in [2.75, 3.05) is 37.7 Å². The number of sulfonamides is 1. The van der Waals surface area contributed by atoms with E-state index in [1.54, 1.807) is 0 Å². The van der Waals surface area contributed by atoms with Crippen LogP contribution in [0.3, 0.4) is 0 Å². The average Bonchev–Trinajstić information content (AvgIpc) is 3.31. The molecular weight excluding hydrogens is 396 g/mol. The van der Waals surface area contributed by atoms with Crippen LogP contribution in [-0.4, -0.2) is 62.3 Å². The highest BCUT2D eigenvalue weighted by Gasteiger charge is 2.39. The molecule has 3 amide bonds. The minimum atomic E-state index is -3.69. The predicted octanol–water partition coefficient (Wildman–Crippen LogP) is 1.80. The van der Waals surface area contributed by atoms with E-state index in [9.17, 15) is 18.0 Å². The number of rotatable bonds is 7. The molecule has 0 radical (unpaired) electrons. The first kappa shape index (κ1) is 21.1. The zero-order valence-corrected chi connectivity index (χ0v) is 17.3. The quantitative estimate of drug-likeness (QED) is 0.622. The molecule has 0 N–H and O–H groups in total. The number of hydrogen-bond acceptors (Lipinski definition) is 6. The molecule has 156 valence electrons. The van der Waals surface area contributed by atoms with Gasteiger partial charge < -0.3 is 4.74 Å². The Balaban J connectivity index is 1.96. The van der Waals surface area contributed by atoms with E-state index in [0.29, 0.717) is 19.6 Å². The Bertz CT molecular complexity index is 948. The minimum absolute atomic E-state index is 0.0353. The summed E-state index contributed by atoms with van der Waals surface area (Å²) < 4.78 is 32.5.